The number of pyridine rings is 1. The van der Waals surface area contributed by atoms with Crippen molar-refractivity contribution < 1.29 is 4.74 Å². The Morgan fingerprint density at radius 1 is 1.12 bits per heavy atom. The molecule has 2 heterocycles. The number of hydrogen-bond donors (Lipinski definition) is 0. The third kappa shape index (κ3) is 4.32. The molecule has 132 valence electrons. The van der Waals surface area contributed by atoms with E-state index in [1.807, 2.05) is 6.07 Å². The van der Waals surface area contributed by atoms with Crippen LogP contribution in [0, 0.1) is 6.92 Å². The summed E-state index contributed by atoms with van der Waals surface area (Å²) in [7, 11) is -1.10. The Balaban J connectivity index is 1.95. The Labute approximate surface area is 155 Å². The number of fused-ring (bicyclic) bond motifs is 1. The highest BCUT2D eigenvalue weighted by Crippen LogP contribution is 2.31. The van der Waals surface area contributed by atoms with Gasteiger partial charge in [0.05, 0.1) is 10.7 Å². The average molecular weight is 373 g/mol. The molecule has 5 heteroatoms. The number of halogens is 1. The Morgan fingerprint density at radius 2 is 1.84 bits per heavy atom. The van der Waals surface area contributed by atoms with E-state index in [-0.39, 0.29) is 0 Å². The van der Waals surface area contributed by atoms with E-state index in [1.165, 1.54) is 5.56 Å². The molecule has 0 unspecified atom stereocenters. The largest absolute Gasteiger partial charge is 0.361 e. The fourth-order valence-electron chi connectivity index (χ4n) is 2.75. The molecule has 0 aliphatic heterocycles. The van der Waals surface area contributed by atoms with Crippen LogP contribution in [0.5, 0.6) is 0 Å². The van der Waals surface area contributed by atoms with E-state index >= 15 is 0 Å². The number of benzene rings is 1. The number of hydrogen-bond acceptors (Lipinski definition) is 2. The van der Waals surface area contributed by atoms with Gasteiger partial charge in [0.25, 0.3) is 0 Å². The Hall–Kier alpha value is -1.62. The molecule has 0 spiro atoms. The molecule has 0 radical (unpaired) electrons. The first-order valence-electron chi connectivity index (χ1n) is 8.64. The van der Waals surface area contributed by atoms with Crippen LogP contribution >= 0.6 is 11.6 Å². The zero-order valence-electron chi connectivity index (χ0n) is 15.3. The van der Waals surface area contributed by atoms with Crippen LogP contribution in [0.25, 0.3) is 22.3 Å². The van der Waals surface area contributed by atoms with Gasteiger partial charge in [-0.05, 0) is 30.7 Å². The molecule has 25 heavy (non-hydrogen) atoms. The van der Waals surface area contributed by atoms with Crippen molar-refractivity contribution in [3.63, 3.8) is 0 Å². The second-order valence-corrected chi connectivity index (χ2v) is 13.7. The van der Waals surface area contributed by atoms with Crippen LogP contribution in [0.3, 0.4) is 0 Å². The fourth-order valence-corrected chi connectivity index (χ4v) is 3.70. The van der Waals surface area contributed by atoms with Crippen LogP contribution in [-0.4, -0.2) is 24.2 Å². The molecule has 0 saturated heterocycles. The van der Waals surface area contributed by atoms with E-state index in [0.29, 0.717) is 6.73 Å². The lowest BCUT2D eigenvalue weighted by atomic mass is 10.1. The maximum absolute atomic E-state index is 6.39. The molecule has 0 aliphatic carbocycles. The van der Waals surface area contributed by atoms with Gasteiger partial charge in [-0.25, -0.2) is 4.98 Å². The normalized spacial score (nSPS) is 12.0. The fraction of sp³-hybridized carbons (Fsp3) is 0.350. The lowest BCUT2D eigenvalue weighted by Gasteiger charge is -2.16. The van der Waals surface area contributed by atoms with Gasteiger partial charge in [-0.1, -0.05) is 61.1 Å². The molecule has 0 N–H and O–H groups in total. The minimum absolute atomic E-state index is 0.491. The van der Waals surface area contributed by atoms with Gasteiger partial charge in [-0.2, -0.15) is 0 Å². The highest BCUT2D eigenvalue weighted by molar-refractivity contribution is 6.76. The number of rotatable bonds is 6. The van der Waals surface area contributed by atoms with Crippen molar-refractivity contribution in [1.82, 2.24) is 9.55 Å². The second kappa shape index (κ2) is 7.32. The topological polar surface area (TPSA) is 27.1 Å². The highest BCUT2D eigenvalue weighted by Gasteiger charge is 2.15. The lowest BCUT2D eigenvalue weighted by molar-refractivity contribution is 0.0909. The van der Waals surface area contributed by atoms with Gasteiger partial charge in [0.15, 0.2) is 0 Å². The van der Waals surface area contributed by atoms with Gasteiger partial charge in [-0.3, -0.25) is 0 Å². The Morgan fingerprint density at radius 3 is 2.52 bits per heavy atom. The van der Waals surface area contributed by atoms with Gasteiger partial charge in [-0.15, -0.1) is 0 Å². The first-order chi connectivity index (χ1) is 11.8. The Bertz CT molecular complexity index is 866. The maximum Gasteiger partial charge on any atom is 0.143 e. The number of ether oxygens (including phenoxy) is 1. The van der Waals surface area contributed by atoms with Crippen molar-refractivity contribution in [3.05, 3.63) is 53.2 Å². The summed E-state index contributed by atoms with van der Waals surface area (Å²) >= 11 is 6.39. The van der Waals surface area contributed by atoms with E-state index in [2.05, 4.69) is 66.4 Å². The molecular formula is C20H25ClN2OSi. The molecule has 3 nitrogen and oxygen atoms in total. The van der Waals surface area contributed by atoms with Gasteiger partial charge in [0.2, 0.25) is 0 Å². The molecule has 0 fully saturated rings. The predicted molar refractivity (Wildman–Crippen MR) is 109 cm³/mol. The summed E-state index contributed by atoms with van der Waals surface area (Å²) in [5, 5.41) is 1.69. The zero-order chi connectivity index (χ0) is 18.0. The van der Waals surface area contributed by atoms with Crippen LogP contribution in [0.15, 0.2) is 42.6 Å². The summed E-state index contributed by atoms with van der Waals surface area (Å²) in [6.45, 7) is 10.5. The standard InChI is InChI=1S/C20H25ClN2OSi/c1-15-5-7-16(8-6-15)19-13-17-18(21)9-10-22-20(17)23(19)14-24-11-12-25(2,3)4/h5-10,13H,11-12,14H2,1-4H3. The van der Waals surface area contributed by atoms with Gasteiger partial charge in [0.1, 0.15) is 12.4 Å². The minimum Gasteiger partial charge on any atom is -0.361 e. The van der Waals surface area contributed by atoms with E-state index in [9.17, 15) is 0 Å². The maximum atomic E-state index is 6.39. The van der Waals surface area contributed by atoms with Crippen molar-refractivity contribution in [3.8, 4) is 11.3 Å². The van der Waals surface area contributed by atoms with Crippen molar-refractivity contribution in [1.29, 1.82) is 0 Å². The van der Waals surface area contributed by atoms with E-state index in [4.69, 9.17) is 16.3 Å². The minimum atomic E-state index is -1.10. The quantitative estimate of drug-likeness (QED) is 0.393. The SMILES string of the molecule is Cc1ccc(-c2cc3c(Cl)ccnc3n2COCC[Si](C)(C)C)cc1. The van der Waals surface area contributed by atoms with Crippen LogP contribution in [-0.2, 0) is 11.5 Å². The second-order valence-electron chi connectivity index (χ2n) is 7.70. The number of nitrogens with zero attached hydrogens (tertiary/aromatic N) is 2. The van der Waals surface area contributed by atoms with Gasteiger partial charge < -0.3 is 9.30 Å². The third-order valence-electron chi connectivity index (χ3n) is 4.31. The van der Waals surface area contributed by atoms with E-state index in [0.717, 1.165) is 40.0 Å². The number of aromatic nitrogens is 2. The summed E-state index contributed by atoms with van der Waals surface area (Å²) in [6, 6.07) is 13.6. The molecule has 3 rings (SSSR count). The van der Waals surface area contributed by atoms with Crippen LogP contribution < -0.4 is 0 Å². The Kier molecular flexibility index (Phi) is 5.32. The van der Waals surface area contributed by atoms with Gasteiger partial charge in [0, 0.05) is 26.3 Å². The zero-order valence-corrected chi connectivity index (χ0v) is 17.1. The molecule has 2 aromatic heterocycles. The van der Waals surface area contributed by atoms with Crippen LogP contribution in [0.2, 0.25) is 30.7 Å². The van der Waals surface area contributed by atoms with Gasteiger partial charge >= 0.3 is 0 Å². The molecule has 3 aromatic rings. The van der Waals surface area contributed by atoms with Crippen LogP contribution in [0.1, 0.15) is 5.56 Å². The molecule has 0 saturated carbocycles. The van der Waals surface area contributed by atoms with Crippen molar-refractivity contribution in [2.75, 3.05) is 6.61 Å². The average Bonchev–Trinajstić information content (AvgIpc) is 2.92. The summed E-state index contributed by atoms with van der Waals surface area (Å²) < 4.78 is 8.12. The van der Waals surface area contributed by atoms with Crippen molar-refractivity contribution >= 4 is 30.7 Å². The molecule has 0 atom stereocenters. The summed E-state index contributed by atoms with van der Waals surface area (Å²) in [4.78, 5) is 4.54. The number of aryl methyl sites for hydroxylation is 1. The molecule has 0 aliphatic rings. The monoisotopic (exact) mass is 372 g/mol. The molecule has 1 aromatic carbocycles. The predicted octanol–water partition coefficient (Wildman–Crippen LogP) is 5.98. The van der Waals surface area contributed by atoms with Crippen molar-refractivity contribution in [2.45, 2.75) is 39.3 Å². The van der Waals surface area contributed by atoms with E-state index in [1.54, 1.807) is 6.20 Å². The lowest BCUT2D eigenvalue weighted by Crippen LogP contribution is -2.22. The molecule has 0 amide bonds. The first kappa shape index (κ1) is 18.2. The molecule has 0 bridgehead atoms. The summed E-state index contributed by atoms with van der Waals surface area (Å²) in [6.07, 6.45) is 1.75. The van der Waals surface area contributed by atoms with E-state index < -0.39 is 8.07 Å². The molecular weight excluding hydrogens is 348 g/mol. The highest BCUT2D eigenvalue weighted by atomic mass is 35.5. The van der Waals surface area contributed by atoms with Crippen LogP contribution in [0.4, 0.5) is 0 Å². The summed E-state index contributed by atoms with van der Waals surface area (Å²) in [5.41, 5.74) is 4.35. The summed E-state index contributed by atoms with van der Waals surface area (Å²) in [5.74, 6) is 0. The first-order valence-corrected chi connectivity index (χ1v) is 12.7. The third-order valence-corrected chi connectivity index (χ3v) is 6.34. The van der Waals surface area contributed by atoms with Crippen molar-refractivity contribution in [2.24, 2.45) is 0 Å². The smallest absolute Gasteiger partial charge is 0.143 e.